The van der Waals surface area contributed by atoms with Gasteiger partial charge in [-0.05, 0) is 19.4 Å². The fourth-order valence-electron chi connectivity index (χ4n) is 1.31. The molecule has 3 heteroatoms. The van der Waals surface area contributed by atoms with Crippen LogP contribution in [0.25, 0.3) is 0 Å². The van der Waals surface area contributed by atoms with E-state index in [9.17, 15) is 4.79 Å². The van der Waals surface area contributed by atoms with Crippen molar-refractivity contribution in [3.8, 4) is 0 Å². The third-order valence-electron chi connectivity index (χ3n) is 1.94. The standard InChI is InChI=1S/C8H16N2O/c1-2-4-7-8(11)10-6-3-5-9-7/h7,9H,2-6H2,1H3,(H,10,11)/t7-/m1/s1. The van der Waals surface area contributed by atoms with Crippen molar-refractivity contribution in [3.63, 3.8) is 0 Å². The van der Waals surface area contributed by atoms with Crippen molar-refractivity contribution in [2.75, 3.05) is 13.1 Å². The van der Waals surface area contributed by atoms with Gasteiger partial charge in [-0.3, -0.25) is 4.79 Å². The van der Waals surface area contributed by atoms with Crippen molar-refractivity contribution in [1.29, 1.82) is 0 Å². The molecule has 3 nitrogen and oxygen atoms in total. The Hall–Kier alpha value is -0.570. The molecule has 0 aliphatic carbocycles. The van der Waals surface area contributed by atoms with Crippen molar-refractivity contribution in [2.24, 2.45) is 0 Å². The van der Waals surface area contributed by atoms with Crippen LogP contribution in [-0.2, 0) is 4.79 Å². The number of carbonyl (C=O) groups is 1. The summed E-state index contributed by atoms with van der Waals surface area (Å²) in [7, 11) is 0. The number of carbonyl (C=O) groups excluding carboxylic acids is 1. The van der Waals surface area contributed by atoms with Crippen LogP contribution in [0.15, 0.2) is 0 Å². The highest BCUT2D eigenvalue weighted by molar-refractivity contribution is 5.81. The van der Waals surface area contributed by atoms with Gasteiger partial charge in [-0.15, -0.1) is 0 Å². The summed E-state index contributed by atoms with van der Waals surface area (Å²) in [5.41, 5.74) is 0. The third-order valence-corrected chi connectivity index (χ3v) is 1.94. The molecular formula is C8H16N2O. The van der Waals surface area contributed by atoms with Crippen molar-refractivity contribution >= 4 is 5.91 Å². The van der Waals surface area contributed by atoms with Gasteiger partial charge in [0.15, 0.2) is 0 Å². The zero-order valence-electron chi connectivity index (χ0n) is 7.02. The molecule has 2 N–H and O–H groups in total. The average Bonchev–Trinajstić information content (AvgIpc) is 2.18. The lowest BCUT2D eigenvalue weighted by Gasteiger charge is -2.12. The van der Waals surface area contributed by atoms with E-state index in [4.69, 9.17) is 0 Å². The highest BCUT2D eigenvalue weighted by atomic mass is 16.2. The summed E-state index contributed by atoms with van der Waals surface area (Å²) in [4.78, 5) is 11.2. The molecule has 1 saturated heterocycles. The minimum absolute atomic E-state index is 0.0579. The molecule has 0 aromatic heterocycles. The van der Waals surface area contributed by atoms with Crippen LogP contribution >= 0.6 is 0 Å². The summed E-state index contributed by atoms with van der Waals surface area (Å²) in [5, 5.41) is 6.10. The van der Waals surface area contributed by atoms with Crippen LogP contribution in [0.2, 0.25) is 0 Å². The molecule has 1 atom stereocenters. The van der Waals surface area contributed by atoms with Gasteiger partial charge in [0.25, 0.3) is 0 Å². The molecule has 0 unspecified atom stereocenters. The second-order valence-electron chi connectivity index (χ2n) is 2.94. The van der Waals surface area contributed by atoms with Crippen LogP contribution in [0.3, 0.4) is 0 Å². The molecule has 1 fully saturated rings. The van der Waals surface area contributed by atoms with E-state index in [0.717, 1.165) is 32.4 Å². The number of hydrogen-bond donors (Lipinski definition) is 2. The van der Waals surface area contributed by atoms with E-state index in [2.05, 4.69) is 17.6 Å². The molecule has 1 heterocycles. The van der Waals surface area contributed by atoms with Gasteiger partial charge in [0.1, 0.15) is 0 Å². The van der Waals surface area contributed by atoms with Crippen molar-refractivity contribution in [1.82, 2.24) is 10.6 Å². The fraction of sp³-hybridized carbons (Fsp3) is 0.875. The van der Waals surface area contributed by atoms with Crippen LogP contribution in [-0.4, -0.2) is 25.0 Å². The first-order chi connectivity index (χ1) is 5.34. The van der Waals surface area contributed by atoms with E-state index < -0.39 is 0 Å². The molecule has 11 heavy (non-hydrogen) atoms. The van der Waals surface area contributed by atoms with Gasteiger partial charge in [-0.25, -0.2) is 0 Å². The topological polar surface area (TPSA) is 41.1 Å². The monoisotopic (exact) mass is 156 g/mol. The maximum absolute atomic E-state index is 11.2. The third kappa shape index (κ3) is 2.50. The summed E-state index contributed by atoms with van der Waals surface area (Å²) in [6, 6.07) is 0.0579. The van der Waals surface area contributed by atoms with Crippen LogP contribution in [0.1, 0.15) is 26.2 Å². The molecule has 0 aromatic rings. The predicted molar refractivity (Wildman–Crippen MR) is 44.3 cm³/mol. The van der Waals surface area contributed by atoms with E-state index in [0.29, 0.717) is 0 Å². The summed E-state index contributed by atoms with van der Waals surface area (Å²) < 4.78 is 0. The summed E-state index contributed by atoms with van der Waals surface area (Å²) in [5.74, 6) is 0.171. The molecule has 1 rings (SSSR count). The largest absolute Gasteiger partial charge is 0.355 e. The first-order valence-corrected chi connectivity index (χ1v) is 4.35. The predicted octanol–water partition coefficient (Wildman–Crippen LogP) is 0.265. The maximum Gasteiger partial charge on any atom is 0.237 e. The lowest BCUT2D eigenvalue weighted by molar-refractivity contribution is -0.122. The Bertz CT molecular complexity index is 136. The molecule has 1 aliphatic rings. The second-order valence-corrected chi connectivity index (χ2v) is 2.94. The SMILES string of the molecule is CCC[C@H]1NCCCNC1=O. The molecule has 1 amide bonds. The molecular weight excluding hydrogens is 140 g/mol. The average molecular weight is 156 g/mol. The lowest BCUT2D eigenvalue weighted by Crippen LogP contribution is -2.40. The van der Waals surface area contributed by atoms with Crippen LogP contribution in [0.4, 0.5) is 0 Å². The Morgan fingerprint density at radius 3 is 3.09 bits per heavy atom. The first-order valence-electron chi connectivity index (χ1n) is 4.35. The van der Waals surface area contributed by atoms with Crippen molar-refractivity contribution in [3.05, 3.63) is 0 Å². The maximum atomic E-state index is 11.2. The zero-order chi connectivity index (χ0) is 8.10. The van der Waals surface area contributed by atoms with Crippen LogP contribution in [0.5, 0.6) is 0 Å². The molecule has 1 aliphatic heterocycles. The number of hydrogen-bond acceptors (Lipinski definition) is 2. The second kappa shape index (κ2) is 4.34. The molecule has 0 bridgehead atoms. The minimum atomic E-state index is 0.0579. The first kappa shape index (κ1) is 8.53. The molecule has 0 radical (unpaired) electrons. The molecule has 0 saturated carbocycles. The normalized spacial score (nSPS) is 25.9. The van der Waals surface area contributed by atoms with Gasteiger partial charge in [0, 0.05) is 6.54 Å². The number of nitrogens with one attached hydrogen (secondary N) is 2. The number of rotatable bonds is 2. The van der Waals surface area contributed by atoms with Gasteiger partial charge in [0.05, 0.1) is 6.04 Å². The smallest absolute Gasteiger partial charge is 0.237 e. The van der Waals surface area contributed by atoms with Crippen molar-refractivity contribution < 1.29 is 4.79 Å². The highest BCUT2D eigenvalue weighted by Crippen LogP contribution is 1.99. The lowest BCUT2D eigenvalue weighted by atomic mass is 10.1. The summed E-state index contributed by atoms with van der Waals surface area (Å²) in [6.07, 6.45) is 3.06. The Morgan fingerprint density at radius 2 is 2.36 bits per heavy atom. The zero-order valence-corrected chi connectivity index (χ0v) is 7.02. The minimum Gasteiger partial charge on any atom is -0.355 e. The molecule has 0 spiro atoms. The number of amides is 1. The Balaban J connectivity index is 2.39. The fourth-order valence-corrected chi connectivity index (χ4v) is 1.31. The summed E-state index contributed by atoms with van der Waals surface area (Å²) in [6.45, 7) is 3.88. The van der Waals surface area contributed by atoms with Gasteiger partial charge in [0.2, 0.25) is 5.91 Å². The van der Waals surface area contributed by atoms with Gasteiger partial charge in [-0.2, -0.15) is 0 Å². The Labute approximate surface area is 67.5 Å². The van der Waals surface area contributed by atoms with Crippen LogP contribution < -0.4 is 10.6 Å². The van der Waals surface area contributed by atoms with Gasteiger partial charge >= 0.3 is 0 Å². The quantitative estimate of drug-likeness (QED) is 0.602. The van der Waals surface area contributed by atoms with E-state index >= 15 is 0 Å². The van der Waals surface area contributed by atoms with E-state index in [1.807, 2.05) is 0 Å². The van der Waals surface area contributed by atoms with E-state index in [-0.39, 0.29) is 11.9 Å². The van der Waals surface area contributed by atoms with Crippen molar-refractivity contribution in [2.45, 2.75) is 32.2 Å². The van der Waals surface area contributed by atoms with Gasteiger partial charge in [-0.1, -0.05) is 13.3 Å². The van der Waals surface area contributed by atoms with E-state index in [1.54, 1.807) is 0 Å². The molecule has 0 aromatic carbocycles. The summed E-state index contributed by atoms with van der Waals surface area (Å²) >= 11 is 0. The molecule has 64 valence electrons. The van der Waals surface area contributed by atoms with E-state index in [1.165, 1.54) is 0 Å². The Morgan fingerprint density at radius 1 is 1.55 bits per heavy atom. The van der Waals surface area contributed by atoms with Crippen LogP contribution in [0, 0.1) is 0 Å². The highest BCUT2D eigenvalue weighted by Gasteiger charge is 2.17. The van der Waals surface area contributed by atoms with Gasteiger partial charge < -0.3 is 10.6 Å². The Kier molecular flexibility index (Phi) is 3.36.